The third kappa shape index (κ3) is 4.36. The summed E-state index contributed by atoms with van der Waals surface area (Å²) in [6.45, 7) is 3.30. The molecule has 2 atom stereocenters. The number of amides is 1. The van der Waals surface area contributed by atoms with Crippen molar-refractivity contribution < 1.29 is 14.3 Å². The van der Waals surface area contributed by atoms with Gasteiger partial charge in [-0.2, -0.15) is 5.10 Å². The number of aromatic nitrogens is 2. The minimum Gasteiger partial charge on any atom is -0.486 e. The van der Waals surface area contributed by atoms with Crippen LogP contribution in [0.15, 0.2) is 30.6 Å². The van der Waals surface area contributed by atoms with Gasteiger partial charge in [0.15, 0.2) is 11.5 Å². The third-order valence-electron chi connectivity index (χ3n) is 5.02. The molecule has 1 aromatic carbocycles. The quantitative estimate of drug-likeness (QED) is 0.801. The summed E-state index contributed by atoms with van der Waals surface area (Å²) >= 11 is 0. The smallest absolute Gasteiger partial charge is 0.225 e. The van der Waals surface area contributed by atoms with Gasteiger partial charge in [0.2, 0.25) is 5.91 Å². The summed E-state index contributed by atoms with van der Waals surface area (Å²) in [4.78, 5) is 12.6. The highest BCUT2D eigenvalue weighted by molar-refractivity contribution is 5.85. The lowest BCUT2D eigenvalue weighted by atomic mass is 9.90. The van der Waals surface area contributed by atoms with Crippen LogP contribution in [0.3, 0.4) is 0 Å². The number of hydrogen-bond donors (Lipinski definition) is 2. The molecule has 1 saturated heterocycles. The van der Waals surface area contributed by atoms with Crippen LogP contribution in [-0.4, -0.2) is 48.5 Å². The van der Waals surface area contributed by atoms with E-state index in [9.17, 15) is 4.79 Å². The van der Waals surface area contributed by atoms with Crippen molar-refractivity contribution >= 4 is 18.3 Å². The Bertz CT molecular complexity index is 795. The molecule has 0 bridgehead atoms. The van der Waals surface area contributed by atoms with Gasteiger partial charge in [-0.05, 0) is 29.7 Å². The lowest BCUT2D eigenvalue weighted by molar-refractivity contribution is -0.124. The van der Waals surface area contributed by atoms with Crippen molar-refractivity contribution in [2.75, 3.05) is 32.8 Å². The molecule has 2 aliphatic rings. The van der Waals surface area contributed by atoms with Crippen LogP contribution in [0.2, 0.25) is 0 Å². The van der Waals surface area contributed by atoms with Gasteiger partial charge in [-0.3, -0.25) is 9.48 Å². The second-order valence-corrected chi connectivity index (χ2v) is 6.84. The monoisotopic (exact) mass is 392 g/mol. The average molecular weight is 393 g/mol. The average Bonchev–Trinajstić information content (AvgIpc) is 3.30. The van der Waals surface area contributed by atoms with Crippen molar-refractivity contribution in [3.05, 3.63) is 41.7 Å². The van der Waals surface area contributed by atoms with E-state index in [1.807, 2.05) is 37.6 Å². The second kappa shape index (κ2) is 8.63. The number of halogens is 1. The first-order valence-electron chi connectivity index (χ1n) is 9.06. The van der Waals surface area contributed by atoms with E-state index in [0.717, 1.165) is 35.6 Å². The first-order valence-corrected chi connectivity index (χ1v) is 9.06. The van der Waals surface area contributed by atoms with Crippen LogP contribution in [0.5, 0.6) is 11.5 Å². The largest absolute Gasteiger partial charge is 0.486 e. The molecule has 8 heteroatoms. The Labute approximate surface area is 164 Å². The Morgan fingerprint density at radius 1 is 1.30 bits per heavy atom. The molecule has 0 saturated carbocycles. The van der Waals surface area contributed by atoms with Gasteiger partial charge in [0.25, 0.3) is 0 Å². The van der Waals surface area contributed by atoms with E-state index in [4.69, 9.17) is 9.47 Å². The number of fused-ring (bicyclic) bond motifs is 1. The number of nitrogens with one attached hydrogen (secondary N) is 2. The van der Waals surface area contributed by atoms with E-state index in [1.54, 1.807) is 4.68 Å². The molecule has 0 unspecified atom stereocenters. The number of hydrogen-bond acceptors (Lipinski definition) is 5. The molecule has 3 heterocycles. The Hall–Kier alpha value is -2.25. The van der Waals surface area contributed by atoms with Gasteiger partial charge >= 0.3 is 0 Å². The van der Waals surface area contributed by atoms with E-state index < -0.39 is 0 Å². The molecule has 2 aromatic rings. The maximum atomic E-state index is 12.6. The molecule has 2 aliphatic heterocycles. The predicted octanol–water partition coefficient (Wildman–Crippen LogP) is 1.27. The molecule has 27 heavy (non-hydrogen) atoms. The highest BCUT2D eigenvalue weighted by atomic mass is 35.5. The number of rotatable bonds is 5. The summed E-state index contributed by atoms with van der Waals surface area (Å²) in [6, 6.07) is 5.95. The summed E-state index contributed by atoms with van der Waals surface area (Å²) in [5.41, 5.74) is 2.24. The molecule has 7 nitrogen and oxygen atoms in total. The fourth-order valence-electron chi connectivity index (χ4n) is 3.64. The minimum absolute atomic E-state index is 0. The van der Waals surface area contributed by atoms with Gasteiger partial charge in [0.05, 0.1) is 12.1 Å². The zero-order valence-corrected chi connectivity index (χ0v) is 16.1. The standard InChI is InChI=1S/C19H24N4O3.ClH/c1-23-12-14(9-22-23)15-10-20-11-16(15)19(24)21-5-4-13-2-3-17-18(8-13)26-7-6-25-17;/h2-3,8-9,12,15-16,20H,4-7,10-11H2,1H3,(H,21,24);1H/t15-,16+;/m1./s1. The molecule has 2 N–H and O–H groups in total. The molecular weight excluding hydrogens is 368 g/mol. The Morgan fingerprint density at radius 3 is 2.89 bits per heavy atom. The molecule has 0 spiro atoms. The topological polar surface area (TPSA) is 77.4 Å². The summed E-state index contributed by atoms with van der Waals surface area (Å²) in [5.74, 6) is 1.80. The molecule has 1 aromatic heterocycles. The van der Waals surface area contributed by atoms with E-state index in [2.05, 4.69) is 15.7 Å². The maximum Gasteiger partial charge on any atom is 0.225 e. The Balaban J connectivity index is 0.00000210. The number of carbonyl (C=O) groups excluding carboxylic acids is 1. The van der Waals surface area contributed by atoms with Crippen molar-refractivity contribution in [3.8, 4) is 11.5 Å². The van der Waals surface area contributed by atoms with Crippen LogP contribution in [0, 0.1) is 5.92 Å². The lowest BCUT2D eigenvalue weighted by Gasteiger charge is -2.19. The first-order chi connectivity index (χ1) is 12.7. The van der Waals surface area contributed by atoms with E-state index >= 15 is 0 Å². The van der Waals surface area contributed by atoms with E-state index in [0.29, 0.717) is 26.3 Å². The first kappa shape index (κ1) is 19.5. The van der Waals surface area contributed by atoms with Crippen molar-refractivity contribution in [3.63, 3.8) is 0 Å². The van der Waals surface area contributed by atoms with Crippen molar-refractivity contribution in [1.29, 1.82) is 0 Å². The van der Waals surface area contributed by atoms with Crippen molar-refractivity contribution in [2.24, 2.45) is 13.0 Å². The summed E-state index contributed by atoms with van der Waals surface area (Å²) in [6.07, 6.45) is 4.61. The van der Waals surface area contributed by atoms with E-state index in [1.165, 1.54) is 0 Å². The van der Waals surface area contributed by atoms with Crippen LogP contribution in [-0.2, 0) is 18.3 Å². The minimum atomic E-state index is -0.0560. The number of ether oxygens (including phenoxy) is 2. The third-order valence-corrected chi connectivity index (χ3v) is 5.02. The molecule has 146 valence electrons. The molecule has 0 aliphatic carbocycles. The van der Waals surface area contributed by atoms with Crippen molar-refractivity contribution in [2.45, 2.75) is 12.3 Å². The zero-order valence-electron chi connectivity index (χ0n) is 15.3. The van der Waals surface area contributed by atoms with Gasteiger partial charge in [0.1, 0.15) is 13.2 Å². The number of benzene rings is 1. The highest BCUT2D eigenvalue weighted by Crippen LogP contribution is 2.31. The molecule has 1 amide bonds. The SMILES string of the molecule is Cl.Cn1cc([C@H]2CNC[C@@H]2C(=O)NCCc2ccc3c(c2)OCCO3)cn1. The highest BCUT2D eigenvalue weighted by Gasteiger charge is 2.34. The number of nitrogens with zero attached hydrogens (tertiary/aromatic N) is 2. The Morgan fingerprint density at radius 2 is 2.11 bits per heavy atom. The van der Waals surface area contributed by atoms with E-state index in [-0.39, 0.29) is 30.2 Å². The second-order valence-electron chi connectivity index (χ2n) is 6.84. The zero-order chi connectivity index (χ0) is 17.9. The lowest BCUT2D eigenvalue weighted by Crippen LogP contribution is -2.35. The fraction of sp³-hybridized carbons (Fsp3) is 0.474. The normalized spacial score (nSPS) is 20.8. The summed E-state index contributed by atoms with van der Waals surface area (Å²) < 4.78 is 12.9. The fourth-order valence-corrected chi connectivity index (χ4v) is 3.64. The maximum absolute atomic E-state index is 12.6. The molecular formula is C19H25ClN4O3. The van der Waals surface area contributed by atoms with Crippen LogP contribution < -0.4 is 20.1 Å². The van der Waals surface area contributed by atoms with Gasteiger partial charge in [-0.15, -0.1) is 12.4 Å². The number of aryl methyl sites for hydroxylation is 1. The van der Waals surface area contributed by atoms with Crippen molar-refractivity contribution in [1.82, 2.24) is 20.4 Å². The van der Waals surface area contributed by atoms with Crippen LogP contribution >= 0.6 is 12.4 Å². The van der Waals surface area contributed by atoms with Gasteiger partial charge in [-0.25, -0.2) is 0 Å². The van der Waals surface area contributed by atoms with Crippen LogP contribution in [0.25, 0.3) is 0 Å². The van der Waals surface area contributed by atoms with Crippen LogP contribution in [0.4, 0.5) is 0 Å². The summed E-state index contributed by atoms with van der Waals surface area (Å²) in [5, 5.41) is 10.6. The summed E-state index contributed by atoms with van der Waals surface area (Å²) in [7, 11) is 1.90. The Kier molecular flexibility index (Phi) is 6.23. The van der Waals surface area contributed by atoms with Gasteiger partial charge in [0, 0.05) is 38.8 Å². The molecule has 0 radical (unpaired) electrons. The molecule has 1 fully saturated rings. The van der Waals surface area contributed by atoms with Gasteiger partial charge in [-0.1, -0.05) is 6.07 Å². The van der Waals surface area contributed by atoms with Gasteiger partial charge < -0.3 is 20.1 Å². The predicted molar refractivity (Wildman–Crippen MR) is 104 cm³/mol. The molecule has 4 rings (SSSR count). The number of carbonyl (C=O) groups is 1. The van der Waals surface area contributed by atoms with Crippen LogP contribution in [0.1, 0.15) is 17.0 Å².